The first-order chi connectivity index (χ1) is 6.72. The summed E-state index contributed by atoms with van der Waals surface area (Å²) in [5.41, 5.74) is 6.88. The van der Waals surface area contributed by atoms with Crippen LogP contribution in [-0.2, 0) is 17.7 Å². The van der Waals surface area contributed by atoms with E-state index in [1.165, 1.54) is 5.56 Å². The lowest BCUT2D eigenvalue weighted by molar-refractivity contribution is 0.136. The molecule has 1 heterocycles. The van der Waals surface area contributed by atoms with Crippen molar-refractivity contribution < 1.29 is 4.74 Å². The second-order valence-corrected chi connectivity index (χ2v) is 3.49. The Labute approximate surface area is 85.0 Å². The highest BCUT2D eigenvalue weighted by Crippen LogP contribution is 2.00. The fraction of sp³-hybridized carbons (Fsp3) is 0.700. The molecule has 0 saturated heterocycles. The second-order valence-electron chi connectivity index (χ2n) is 3.49. The molecular weight excluding hydrogens is 178 g/mol. The first-order valence-electron chi connectivity index (χ1n) is 5.07. The molecule has 1 rings (SSSR count). The Kier molecular flexibility index (Phi) is 4.62. The van der Waals surface area contributed by atoms with Gasteiger partial charge in [-0.15, -0.1) is 0 Å². The molecule has 80 valence electrons. The summed E-state index contributed by atoms with van der Waals surface area (Å²) in [5, 5.41) is 4.22. The Morgan fingerprint density at radius 2 is 2.43 bits per heavy atom. The molecule has 0 bridgehead atoms. The summed E-state index contributed by atoms with van der Waals surface area (Å²) in [6.45, 7) is 6.28. The van der Waals surface area contributed by atoms with Gasteiger partial charge in [-0.2, -0.15) is 5.10 Å². The van der Waals surface area contributed by atoms with Crippen LogP contribution >= 0.6 is 0 Å². The molecule has 0 aliphatic carbocycles. The van der Waals surface area contributed by atoms with Crippen molar-refractivity contribution in [3.05, 3.63) is 18.0 Å². The molecule has 0 amide bonds. The van der Waals surface area contributed by atoms with Gasteiger partial charge in [-0.1, -0.05) is 0 Å². The molecular formula is C10H19N3O. The van der Waals surface area contributed by atoms with Gasteiger partial charge in [-0.25, -0.2) is 0 Å². The van der Waals surface area contributed by atoms with E-state index in [-0.39, 0.29) is 6.04 Å². The van der Waals surface area contributed by atoms with Crippen LogP contribution in [0.3, 0.4) is 0 Å². The fourth-order valence-electron chi connectivity index (χ4n) is 1.31. The largest absolute Gasteiger partial charge is 0.380 e. The zero-order valence-corrected chi connectivity index (χ0v) is 8.94. The number of aromatic nitrogens is 2. The van der Waals surface area contributed by atoms with Crippen LogP contribution in [-0.4, -0.2) is 29.0 Å². The topological polar surface area (TPSA) is 53.1 Å². The fourth-order valence-corrected chi connectivity index (χ4v) is 1.31. The van der Waals surface area contributed by atoms with Crippen molar-refractivity contribution in [1.29, 1.82) is 0 Å². The maximum Gasteiger partial charge on any atom is 0.0662 e. The molecule has 0 radical (unpaired) electrons. The van der Waals surface area contributed by atoms with Crippen LogP contribution in [0.25, 0.3) is 0 Å². The van der Waals surface area contributed by atoms with Crippen molar-refractivity contribution in [1.82, 2.24) is 9.78 Å². The first-order valence-corrected chi connectivity index (χ1v) is 5.07. The predicted octanol–water partition coefficient (Wildman–Crippen LogP) is 0.809. The number of rotatable bonds is 6. The first kappa shape index (κ1) is 11.2. The van der Waals surface area contributed by atoms with Crippen molar-refractivity contribution in [2.24, 2.45) is 5.73 Å². The van der Waals surface area contributed by atoms with Gasteiger partial charge in [0.15, 0.2) is 0 Å². The lowest BCUT2D eigenvalue weighted by Gasteiger charge is -2.02. The van der Waals surface area contributed by atoms with Crippen LogP contribution in [0, 0.1) is 0 Å². The highest BCUT2D eigenvalue weighted by atomic mass is 16.5. The Hall–Kier alpha value is -0.870. The Bertz CT molecular complexity index is 258. The molecule has 0 aliphatic rings. The van der Waals surface area contributed by atoms with E-state index in [0.717, 1.165) is 26.2 Å². The van der Waals surface area contributed by atoms with Gasteiger partial charge >= 0.3 is 0 Å². The Morgan fingerprint density at radius 1 is 1.64 bits per heavy atom. The molecule has 14 heavy (non-hydrogen) atoms. The van der Waals surface area contributed by atoms with Crippen LogP contribution in [0.15, 0.2) is 12.4 Å². The summed E-state index contributed by atoms with van der Waals surface area (Å²) >= 11 is 0. The molecule has 1 aromatic heterocycles. The van der Waals surface area contributed by atoms with Gasteiger partial charge in [0.05, 0.1) is 19.3 Å². The summed E-state index contributed by atoms with van der Waals surface area (Å²) in [6.07, 6.45) is 4.78. The van der Waals surface area contributed by atoms with Gasteiger partial charge in [0.2, 0.25) is 0 Å². The highest BCUT2D eigenvalue weighted by Gasteiger charge is 2.01. The number of hydrogen-bond acceptors (Lipinski definition) is 3. The van der Waals surface area contributed by atoms with E-state index in [1.54, 1.807) is 0 Å². The monoisotopic (exact) mass is 197 g/mol. The molecule has 1 unspecified atom stereocenters. The summed E-state index contributed by atoms with van der Waals surface area (Å²) in [4.78, 5) is 0. The van der Waals surface area contributed by atoms with E-state index < -0.39 is 0 Å². The zero-order chi connectivity index (χ0) is 10.4. The molecule has 4 heteroatoms. The lowest BCUT2D eigenvalue weighted by Crippen LogP contribution is -2.17. The predicted molar refractivity (Wildman–Crippen MR) is 56.1 cm³/mol. The SMILES string of the molecule is CCOCCn1cc(CC(C)N)cn1. The minimum absolute atomic E-state index is 0.194. The van der Waals surface area contributed by atoms with Crippen molar-refractivity contribution in [3.63, 3.8) is 0 Å². The summed E-state index contributed by atoms with van der Waals surface area (Å²) in [5.74, 6) is 0. The van der Waals surface area contributed by atoms with Crippen molar-refractivity contribution in [3.8, 4) is 0 Å². The van der Waals surface area contributed by atoms with E-state index in [2.05, 4.69) is 5.10 Å². The minimum Gasteiger partial charge on any atom is -0.380 e. The summed E-state index contributed by atoms with van der Waals surface area (Å²) in [7, 11) is 0. The lowest BCUT2D eigenvalue weighted by atomic mass is 10.1. The molecule has 4 nitrogen and oxygen atoms in total. The molecule has 0 aliphatic heterocycles. The van der Waals surface area contributed by atoms with Crippen LogP contribution in [0.2, 0.25) is 0 Å². The van der Waals surface area contributed by atoms with Gasteiger partial charge in [0.25, 0.3) is 0 Å². The van der Waals surface area contributed by atoms with Crippen LogP contribution in [0.4, 0.5) is 0 Å². The highest BCUT2D eigenvalue weighted by molar-refractivity contribution is 5.05. The van der Waals surface area contributed by atoms with Crippen molar-refractivity contribution in [2.45, 2.75) is 32.9 Å². The second kappa shape index (κ2) is 5.78. The minimum atomic E-state index is 0.194. The third-order valence-electron chi connectivity index (χ3n) is 1.91. The quantitative estimate of drug-likeness (QED) is 0.687. The van der Waals surface area contributed by atoms with Crippen LogP contribution in [0.5, 0.6) is 0 Å². The van der Waals surface area contributed by atoms with Gasteiger partial charge in [-0.3, -0.25) is 4.68 Å². The maximum absolute atomic E-state index is 5.69. The van der Waals surface area contributed by atoms with Gasteiger partial charge < -0.3 is 10.5 Å². The van der Waals surface area contributed by atoms with E-state index in [9.17, 15) is 0 Å². The van der Waals surface area contributed by atoms with Gasteiger partial charge in [0.1, 0.15) is 0 Å². The van der Waals surface area contributed by atoms with Gasteiger partial charge in [-0.05, 0) is 25.8 Å². The molecule has 1 aromatic rings. The van der Waals surface area contributed by atoms with Crippen molar-refractivity contribution in [2.75, 3.05) is 13.2 Å². The van der Waals surface area contributed by atoms with Crippen LogP contribution < -0.4 is 5.73 Å². The third kappa shape index (κ3) is 3.89. The van der Waals surface area contributed by atoms with E-state index in [4.69, 9.17) is 10.5 Å². The van der Waals surface area contributed by atoms with Crippen molar-refractivity contribution >= 4 is 0 Å². The van der Waals surface area contributed by atoms with Gasteiger partial charge in [0, 0.05) is 18.8 Å². The molecule has 0 aromatic carbocycles. The maximum atomic E-state index is 5.69. The Morgan fingerprint density at radius 3 is 3.07 bits per heavy atom. The van der Waals surface area contributed by atoms with E-state index >= 15 is 0 Å². The normalized spacial score (nSPS) is 13.1. The summed E-state index contributed by atoms with van der Waals surface area (Å²) < 4.78 is 7.14. The van der Waals surface area contributed by atoms with E-state index in [0.29, 0.717) is 0 Å². The number of ether oxygens (including phenoxy) is 1. The Balaban J connectivity index is 2.35. The molecule has 2 N–H and O–H groups in total. The van der Waals surface area contributed by atoms with E-state index in [1.807, 2.05) is 30.9 Å². The zero-order valence-electron chi connectivity index (χ0n) is 8.94. The molecule has 0 fully saturated rings. The molecule has 0 saturated carbocycles. The number of nitrogens with zero attached hydrogens (tertiary/aromatic N) is 2. The average Bonchev–Trinajstić information content (AvgIpc) is 2.52. The smallest absolute Gasteiger partial charge is 0.0662 e. The summed E-state index contributed by atoms with van der Waals surface area (Å²) in [6, 6.07) is 0.194. The molecule has 0 spiro atoms. The average molecular weight is 197 g/mol. The molecule has 1 atom stereocenters. The third-order valence-corrected chi connectivity index (χ3v) is 1.91. The number of hydrogen-bond donors (Lipinski definition) is 1. The standard InChI is InChI=1S/C10H19N3O/c1-3-14-5-4-13-8-10(7-12-13)6-9(2)11/h7-9H,3-6,11H2,1-2H3. The number of nitrogens with two attached hydrogens (primary N) is 1. The van der Waals surface area contributed by atoms with Crippen LogP contribution in [0.1, 0.15) is 19.4 Å².